The molecule has 0 radical (unpaired) electrons. The summed E-state index contributed by atoms with van der Waals surface area (Å²) in [6, 6.07) is 0. The topological polar surface area (TPSA) is 9.23 Å². The molecule has 0 aromatic carbocycles. The summed E-state index contributed by atoms with van der Waals surface area (Å²) >= 11 is 7.09. The van der Waals surface area contributed by atoms with E-state index in [1.54, 1.807) is 12.0 Å². The molecule has 0 saturated carbocycles. The molecule has 1 fully saturated rings. The molecule has 0 aromatic heterocycles. The van der Waals surface area contributed by atoms with Crippen LogP contribution in [0.1, 0.15) is 12.8 Å². The predicted molar refractivity (Wildman–Crippen MR) is 37.3 cm³/mol. The summed E-state index contributed by atoms with van der Waals surface area (Å²) in [4.78, 5) is 0. The average Bonchev–Trinajstić information content (AvgIpc) is 1.90. The highest BCUT2D eigenvalue weighted by molar-refractivity contribution is 7.94. The largest absolute Gasteiger partial charge is 0.311 e. The summed E-state index contributed by atoms with van der Waals surface area (Å²) < 4.78 is 5.21. The Balaban J connectivity index is 2.13. The molecule has 1 rings (SSSR count). The van der Waals surface area contributed by atoms with Gasteiger partial charge >= 0.3 is 0 Å². The molecule has 1 heterocycles. The summed E-state index contributed by atoms with van der Waals surface area (Å²) in [7, 11) is 0. The third-order valence-electron chi connectivity index (χ3n) is 1.13. The molecule has 1 saturated heterocycles. The fraction of sp³-hybridized carbons (Fsp3) is 1.00. The summed E-state index contributed by atoms with van der Waals surface area (Å²) in [5.41, 5.74) is 0. The molecule has 0 aromatic rings. The van der Waals surface area contributed by atoms with Crippen molar-refractivity contribution in [3.05, 3.63) is 0 Å². The second kappa shape index (κ2) is 3.59. The number of alkyl halides is 1. The van der Waals surface area contributed by atoms with E-state index in [1.165, 1.54) is 6.42 Å². The maximum Gasteiger partial charge on any atom is 0.0857 e. The molecule has 0 aliphatic carbocycles. The van der Waals surface area contributed by atoms with Gasteiger partial charge in [-0.15, -0.1) is 11.6 Å². The number of hydrogen-bond acceptors (Lipinski definition) is 2. The summed E-state index contributed by atoms with van der Waals surface area (Å²) in [6.07, 6.45) is 2.70. The highest BCUT2D eigenvalue weighted by atomic mass is 35.5. The third-order valence-corrected chi connectivity index (χ3v) is 2.34. The second-order valence-electron chi connectivity index (χ2n) is 1.84. The SMILES string of the molecule is ClCC1CCCSO1. The Labute approximate surface area is 58.9 Å². The van der Waals surface area contributed by atoms with Gasteiger partial charge in [0.05, 0.1) is 6.10 Å². The Kier molecular flexibility index (Phi) is 3.02. The van der Waals surface area contributed by atoms with Crippen LogP contribution in [0, 0.1) is 0 Å². The lowest BCUT2D eigenvalue weighted by atomic mass is 10.2. The van der Waals surface area contributed by atoms with Gasteiger partial charge in [-0.3, -0.25) is 0 Å². The van der Waals surface area contributed by atoms with Gasteiger partial charge in [0.25, 0.3) is 0 Å². The first-order chi connectivity index (χ1) is 3.93. The van der Waals surface area contributed by atoms with E-state index in [-0.39, 0.29) is 0 Å². The van der Waals surface area contributed by atoms with E-state index in [9.17, 15) is 0 Å². The molecular weight excluding hydrogens is 144 g/mol. The van der Waals surface area contributed by atoms with Crippen LogP contribution in [-0.4, -0.2) is 17.7 Å². The van der Waals surface area contributed by atoms with Gasteiger partial charge in [0.1, 0.15) is 0 Å². The fourth-order valence-electron chi connectivity index (χ4n) is 0.665. The summed E-state index contributed by atoms with van der Waals surface area (Å²) in [6.45, 7) is 0. The van der Waals surface area contributed by atoms with Gasteiger partial charge in [0.2, 0.25) is 0 Å². The van der Waals surface area contributed by atoms with E-state index < -0.39 is 0 Å². The Hall–Kier alpha value is 0.600. The number of rotatable bonds is 1. The van der Waals surface area contributed by atoms with Crippen LogP contribution in [0.3, 0.4) is 0 Å². The third kappa shape index (κ3) is 1.84. The second-order valence-corrected chi connectivity index (χ2v) is 2.98. The molecule has 8 heavy (non-hydrogen) atoms. The molecule has 0 bridgehead atoms. The highest BCUT2D eigenvalue weighted by Gasteiger charge is 2.12. The van der Waals surface area contributed by atoms with Crippen LogP contribution in [0.15, 0.2) is 0 Å². The molecule has 1 aliphatic heterocycles. The normalized spacial score (nSPS) is 30.4. The summed E-state index contributed by atoms with van der Waals surface area (Å²) in [5.74, 6) is 1.78. The van der Waals surface area contributed by atoms with Crippen molar-refractivity contribution >= 4 is 23.6 Å². The van der Waals surface area contributed by atoms with Crippen LogP contribution in [0.5, 0.6) is 0 Å². The van der Waals surface area contributed by atoms with Crippen molar-refractivity contribution in [2.24, 2.45) is 0 Å². The van der Waals surface area contributed by atoms with Crippen molar-refractivity contribution < 1.29 is 4.18 Å². The molecular formula is C5H9ClOS. The van der Waals surface area contributed by atoms with Crippen LogP contribution >= 0.6 is 23.6 Å². The minimum atomic E-state index is 0.315. The first kappa shape index (κ1) is 6.72. The van der Waals surface area contributed by atoms with Crippen molar-refractivity contribution in [3.63, 3.8) is 0 Å². The molecule has 0 N–H and O–H groups in total. The van der Waals surface area contributed by atoms with E-state index in [0.717, 1.165) is 12.2 Å². The molecule has 1 unspecified atom stereocenters. The van der Waals surface area contributed by atoms with Gasteiger partial charge in [0, 0.05) is 11.6 Å². The van der Waals surface area contributed by atoms with Crippen molar-refractivity contribution in [2.75, 3.05) is 11.6 Å². The Morgan fingerprint density at radius 2 is 2.62 bits per heavy atom. The van der Waals surface area contributed by atoms with Crippen molar-refractivity contribution in [1.82, 2.24) is 0 Å². The zero-order valence-corrected chi connectivity index (χ0v) is 6.17. The van der Waals surface area contributed by atoms with Crippen molar-refractivity contribution in [1.29, 1.82) is 0 Å². The fourth-order valence-corrected chi connectivity index (χ4v) is 1.69. The maximum atomic E-state index is 5.54. The Bertz CT molecular complexity index is 63.4. The van der Waals surface area contributed by atoms with Gasteiger partial charge in [0.15, 0.2) is 0 Å². The minimum Gasteiger partial charge on any atom is -0.311 e. The molecule has 0 amide bonds. The molecule has 1 nitrogen and oxygen atoms in total. The molecule has 0 spiro atoms. The van der Waals surface area contributed by atoms with Crippen LogP contribution in [0.2, 0.25) is 0 Å². The first-order valence-corrected chi connectivity index (χ1v) is 4.22. The quantitative estimate of drug-likeness (QED) is 0.420. The van der Waals surface area contributed by atoms with Crippen molar-refractivity contribution in [2.45, 2.75) is 18.9 Å². The first-order valence-electron chi connectivity index (χ1n) is 2.77. The van der Waals surface area contributed by atoms with E-state index in [0.29, 0.717) is 12.0 Å². The van der Waals surface area contributed by atoms with Gasteiger partial charge in [-0.25, -0.2) is 0 Å². The molecule has 1 aliphatic rings. The van der Waals surface area contributed by atoms with Crippen LogP contribution < -0.4 is 0 Å². The monoisotopic (exact) mass is 152 g/mol. The number of hydrogen-bond donors (Lipinski definition) is 0. The van der Waals surface area contributed by atoms with Gasteiger partial charge in [-0.1, -0.05) is 0 Å². The highest BCUT2D eigenvalue weighted by Crippen LogP contribution is 2.20. The van der Waals surface area contributed by atoms with Gasteiger partial charge in [-0.2, -0.15) is 0 Å². The lowest BCUT2D eigenvalue weighted by Crippen LogP contribution is -2.15. The smallest absolute Gasteiger partial charge is 0.0857 e. The van der Waals surface area contributed by atoms with Crippen LogP contribution in [0.25, 0.3) is 0 Å². The Morgan fingerprint density at radius 1 is 1.75 bits per heavy atom. The molecule has 3 heteroatoms. The average molecular weight is 153 g/mol. The van der Waals surface area contributed by atoms with E-state index >= 15 is 0 Å². The van der Waals surface area contributed by atoms with Crippen molar-refractivity contribution in [3.8, 4) is 0 Å². The Morgan fingerprint density at radius 3 is 3.00 bits per heavy atom. The number of halogens is 1. The lowest BCUT2D eigenvalue weighted by Gasteiger charge is -2.17. The standard InChI is InChI=1S/C5H9ClOS/c6-4-5-2-1-3-8-7-5/h5H,1-4H2. The summed E-state index contributed by atoms with van der Waals surface area (Å²) in [5, 5.41) is 0. The van der Waals surface area contributed by atoms with Crippen LogP contribution in [0.4, 0.5) is 0 Å². The predicted octanol–water partition coefficient (Wildman–Crippen LogP) is 2.05. The van der Waals surface area contributed by atoms with E-state index in [4.69, 9.17) is 15.8 Å². The zero-order chi connectivity index (χ0) is 5.82. The lowest BCUT2D eigenvalue weighted by molar-refractivity contribution is 0.240. The zero-order valence-electron chi connectivity index (χ0n) is 4.60. The van der Waals surface area contributed by atoms with Gasteiger partial charge in [-0.05, 0) is 24.9 Å². The van der Waals surface area contributed by atoms with E-state index in [1.807, 2.05) is 0 Å². The van der Waals surface area contributed by atoms with Gasteiger partial charge < -0.3 is 4.18 Å². The van der Waals surface area contributed by atoms with Crippen LogP contribution in [-0.2, 0) is 4.18 Å². The minimum absolute atomic E-state index is 0.315. The molecule has 48 valence electrons. The maximum absolute atomic E-state index is 5.54. The van der Waals surface area contributed by atoms with E-state index in [2.05, 4.69) is 0 Å². The molecule has 1 atom stereocenters.